The number of carbonyl (C=O) groups is 1. The van der Waals surface area contributed by atoms with E-state index in [0.717, 1.165) is 18.9 Å². The molecule has 17 heavy (non-hydrogen) atoms. The highest BCUT2D eigenvalue weighted by molar-refractivity contribution is 6.31. The maximum absolute atomic E-state index is 13.3. The third-order valence-corrected chi connectivity index (χ3v) is 2.78. The number of esters is 1. The van der Waals surface area contributed by atoms with Gasteiger partial charge in [0.05, 0.1) is 22.9 Å². The number of carbonyl (C=O) groups excluding carboxylic acids is 1. The van der Waals surface area contributed by atoms with E-state index in [1.165, 1.54) is 6.07 Å². The second-order valence-electron chi connectivity index (χ2n) is 3.95. The summed E-state index contributed by atoms with van der Waals surface area (Å²) in [6, 6.07) is 2.90. The van der Waals surface area contributed by atoms with Crippen molar-refractivity contribution in [3.05, 3.63) is 28.5 Å². The molecule has 1 fully saturated rings. The second kappa shape index (κ2) is 4.92. The van der Waals surface area contributed by atoms with Gasteiger partial charge in [-0.15, -0.1) is 0 Å². The highest BCUT2D eigenvalue weighted by atomic mass is 35.5. The number of ether oxygens (including phenoxy) is 1. The van der Waals surface area contributed by atoms with E-state index in [1.807, 2.05) is 0 Å². The molecule has 0 amide bonds. The van der Waals surface area contributed by atoms with Crippen molar-refractivity contribution in [3.8, 4) is 0 Å². The van der Waals surface area contributed by atoms with Crippen LogP contribution in [-0.4, -0.2) is 18.6 Å². The van der Waals surface area contributed by atoms with Gasteiger partial charge in [-0.05, 0) is 31.9 Å². The van der Waals surface area contributed by atoms with Crippen molar-refractivity contribution < 1.29 is 13.9 Å². The molecule has 1 aliphatic carbocycles. The Hall–Kier alpha value is -1.29. The molecular weight excluding hydrogens is 245 g/mol. The van der Waals surface area contributed by atoms with Crippen LogP contribution in [0.5, 0.6) is 0 Å². The number of nitrogens with one attached hydrogen (secondary N) is 1. The third kappa shape index (κ3) is 2.88. The molecule has 0 unspecified atom stereocenters. The van der Waals surface area contributed by atoms with E-state index >= 15 is 0 Å². The van der Waals surface area contributed by atoms with E-state index in [4.69, 9.17) is 16.3 Å². The topological polar surface area (TPSA) is 38.3 Å². The van der Waals surface area contributed by atoms with Crippen LogP contribution in [0.4, 0.5) is 10.1 Å². The Morgan fingerprint density at radius 2 is 2.29 bits per heavy atom. The zero-order valence-electron chi connectivity index (χ0n) is 9.43. The number of hydrogen-bond donors (Lipinski definition) is 1. The summed E-state index contributed by atoms with van der Waals surface area (Å²) >= 11 is 5.70. The van der Waals surface area contributed by atoms with Gasteiger partial charge in [-0.2, -0.15) is 0 Å². The van der Waals surface area contributed by atoms with Gasteiger partial charge in [0.15, 0.2) is 0 Å². The van der Waals surface area contributed by atoms with Crippen molar-refractivity contribution in [2.24, 2.45) is 0 Å². The normalized spacial score (nSPS) is 14.5. The quantitative estimate of drug-likeness (QED) is 0.842. The predicted molar refractivity (Wildman–Crippen MR) is 64.0 cm³/mol. The molecule has 92 valence electrons. The maximum Gasteiger partial charge on any atom is 0.340 e. The molecule has 5 heteroatoms. The monoisotopic (exact) mass is 257 g/mol. The fraction of sp³-hybridized carbons (Fsp3) is 0.417. The van der Waals surface area contributed by atoms with Gasteiger partial charge in [-0.3, -0.25) is 0 Å². The van der Waals surface area contributed by atoms with Gasteiger partial charge in [-0.25, -0.2) is 9.18 Å². The van der Waals surface area contributed by atoms with Crippen LogP contribution in [-0.2, 0) is 4.74 Å². The van der Waals surface area contributed by atoms with Gasteiger partial charge in [0.25, 0.3) is 0 Å². The van der Waals surface area contributed by atoms with Crippen LogP contribution in [0.3, 0.4) is 0 Å². The summed E-state index contributed by atoms with van der Waals surface area (Å²) < 4.78 is 18.2. The lowest BCUT2D eigenvalue weighted by Gasteiger charge is -2.11. The van der Waals surface area contributed by atoms with Crippen LogP contribution in [0.1, 0.15) is 30.1 Å². The number of anilines is 1. The standard InChI is InChI=1S/C12H13ClFNO2/c1-2-17-12(16)8-5-10(14)9(13)6-11(8)15-7-3-4-7/h5-7,15H,2-4H2,1H3. The van der Waals surface area contributed by atoms with Crippen LogP contribution in [0.2, 0.25) is 5.02 Å². The average molecular weight is 258 g/mol. The summed E-state index contributed by atoms with van der Waals surface area (Å²) in [5.41, 5.74) is 0.734. The minimum atomic E-state index is -0.615. The molecule has 2 rings (SSSR count). The number of halogens is 2. The Balaban J connectivity index is 2.31. The van der Waals surface area contributed by atoms with Gasteiger partial charge in [0.1, 0.15) is 5.82 Å². The predicted octanol–water partition coefficient (Wildman–Crippen LogP) is 3.23. The van der Waals surface area contributed by atoms with E-state index in [1.54, 1.807) is 6.92 Å². The van der Waals surface area contributed by atoms with Crippen molar-refractivity contribution in [1.29, 1.82) is 0 Å². The van der Waals surface area contributed by atoms with E-state index in [-0.39, 0.29) is 17.2 Å². The molecule has 1 aromatic carbocycles. The van der Waals surface area contributed by atoms with Gasteiger partial charge in [0.2, 0.25) is 0 Å². The molecule has 0 atom stereocenters. The fourth-order valence-corrected chi connectivity index (χ4v) is 1.66. The SMILES string of the molecule is CCOC(=O)c1cc(F)c(Cl)cc1NC1CC1. The van der Waals surface area contributed by atoms with Gasteiger partial charge in [-0.1, -0.05) is 11.6 Å². The summed E-state index contributed by atoms with van der Waals surface area (Å²) in [4.78, 5) is 11.7. The number of rotatable bonds is 4. The molecule has 0 radical (unpaired) electrons. The van der Waals surface area contributed by atoms with Crippen molar-refractivity contribution in [1.82, 2.24) is 0 Å². The lowest BCUT2D eigenvalue weighted by atomic mass is 10.1. The smallest absolute Gasteiger partial charge is 0.340 e. The minimum Gasteiger partial charge on any atom is -0.462 e. The zero-order chi connectivity index (χ0) is 12.4. The third-order valence-electron chi connectivity index (χ3n) is 2.49. The van der Waals surface area contributed by atoms with Gasteiger partial charge in [0, 0.05) is 6.04 Å². The number of benzene rings is 1. The second-order valence-corrected chi connectivity index (χ2v) is 4.36. The van der Waals surface area contributed by atoms with Crippen molar-refractivity contribution >= 4 is 23.3 Å². The lowest BCUT2D eigenvalue weighted by Crippen LogP contribution is -2.11. The summed E-state index contributed by atoms with van der Waals surface area (Å²) in [5, 5.41) is 3.14. The van der Waals surface area contributed by atoms with E-state index < -0.39 is 11.8 Å². The van der Waals surface area contributed by atoms with Gasteiger partial charge < -0.3 is 10.1 Å². The highest BCUT2D eigenvalue weighted by Gasteiger charge is 2.24. The Kier molecular flexibility index (Phi) is 3.52. The van der Waals surface area contributed by atoms with Crippen LogP contribution in [0.15, 0.2) is 12.1 Å². The first-order valence-electron chi connectivity index (χ1n) is 5.54. The van der Waals surface area contributed by atoms with E-state index in [0.29, 0.717) is 11.7 Å². The molecule has 0 bridgehead atoms. The summed E-state index contributed by atoms with van der Waals surface area (Å²) in [5.74, 6) is -1.15. The minimum absolute atomic E-state index is 0.00111. The molecular formula is C12H13ClFNO2. The first kappa shape index (κ1) is 12.2. The summed E-state index contributed by atoms with van der Waals surface area (Å²) in [7, 11) is 0. The Morgan fingerprint density at radius 1 is 1.59 bits per heavy atom. The van der Waals surface area contributed by atoms with Crippen LogP contribution in [0.25, 0.3) is 0 Å². The molecule has 0 aliphatic heterocycles. The molecule has 0 spiro atoms. The molecule has 1 aliphatic rings. The van der Waals surface area contributed by atoms with Crippen molar-refractivity contribution in [3.63, 3.8) is 0 Å². The van der Waals surface area contributed by atoms with Crippen LogP contribution >= 0.6 is 11.6 Å². The molecule has 0 heterocycles. The van der Waals surface area contributed by atoms with E-state index in [9.17, 15) is 9.18 Å². The van der Waals surface area contributed by atoms with Crippen LogP contribution < -0.4 is 5.32 Å². The first-order chi connectivity index (χ1) is 8.11. The maximum atomic E-state index is 13.3. The average Bonchev–Trinajstić information content (AvgIpc) is 3.07. The van der Waals surface area contributed by atoms with Crippen molar-refractivity contribution in [2.45, 2.75) is 25.8 Å². The molecule has 1 saturated carbocycles. The Labute approximate surface area is 104 Å². The Morgan fingerprint density at radius 3 is 2.88 bits per heavy atom. The number of hydrogen-bond acceptors (Lipinski definition) is 3. The summed E-state index contributed by atoms with van der Waals surface area (Å²) in [6.45, 7) is 1.96. The largest absolute Gasteiger partial charge is 0.462 e. The van der Waals surface area contributed by atoms with Gasteiger partial charge >= 0.3 is 5.97 Å². The highest BCUT2D eigenvalue weighted by Crippen LogP contribution is 2.30. The molecule has 0 aromatic heterocycles. The van der Waals surface area contributed by atoms with Crippen LogP contribution in [0, 0.1) is 5.82 Å². The zero-order valence-corrected chi connectivity index (χ0v) is 10.2. The summed E-state index contributed by atoms with van der Waals surface area (Å²) in [6.07, 6.45) is 2.11. The Bertz CT molecular complexity index is 446. The molecule has 3 nitrogen and oxygen atoms in total. The van der Waals surface area contributed by atoms with E-state index in [2.05, 4.69) is 5.32 Å². The fourth-order valence-electron chi connectivity index (χ4n) is 1.49. The lowest BCUT2D eigenvalue weighted by molar-refractivity contribution is 0.0527. The molecule has 1 N–H and O–H groups in total. The van der Waals surface area contributed by atoms with Crippen molar-refractivity contribution in [2.75, 3.05) is 11.9 Å². The first-order valence-corrected chi connectivity index (χ1v) is 5.92. The molecule has 1 aromatic rings. The molecule has 0 saturated heterocycles.